The van der Waals surface area contributed by atoms with Crippen LogP contribution < -0.4 is 5.32 Å². The fourth-order valence-corrected chi connectivity index (χ4v) is 2.40. The van der Waals surface area contributed by atoms with Gasteiger partial charge in [0.1, 0.15) is 0 Å². The van der Waals surface area contributed by atoms with E-state index in [1.807, 2.05) is 6.92 Å². The van der Waals surface area contributed by atoms with Gasteiger partial charge < -0.3 is 10.2 Å². The van der Waals surface area contributed by atoms with Crippen LogP contribution in [0.2, 0.25) is 0 Å². The van der Waals surface area contributed by atoms with E-state index in [4.69, 9.17) is 0 Å². The summed E-state index contributed by atoms with van der Waals surface area (Å²) in [7, 11) is 0. The Morgan fingerprint density at radius 1 is 1.24 bits per heavy atom. The molecule has 1 N–H and O–H groups in total. The van der Waals surface area contributed by atoms with E-state index in [1.165, 1.54) is 6.07 Å². The molecule has 0 bridgehead atoms. The maximum Gasteiger partial charge on any atom is 0.251 e. The molecule has 114 valence electrons. The molecule has 0 unspecified atom stereocenters. The minimum Gasteiger partial charge on any atom is -0.349 e. The maximum atomic E-state index is 13.1. The topological polar surface area (TPSA) is 49.4 Å². The summed E-state index contributed by atoms with van der Waals surface area (Å²) >= 11 is 0. The monoisotopic (exact) mass is 296 g/mol. The number of hydrogen-bond donors (Lipinski definition) is 1. The lowest BCUT2D eigenvalue weighted by Crippen LogP contribution is -2.46. The lowest BCUT2D eigenvalue weighted by atomic mass is 10.0. The minimum atomic E-state index is -1.04. The number of nitrogens with zero attached hydrogens (tertiary/aromatic N) is 1. The summed E-state index contributed by atoms with van der Waals surface area (Å²) in [5, 5.41) is 2.79. The van der Waals surface area contributed by atoms with Crippen molar-refractivity contribution >= 4 is 11.8 Å². The van der Waals surface area contributed by atoms with Gasteiger partial charge in [-0.2, -0.15) is 0 Å². The summed E-state index contributed by atoms with van der Waals surface area (Å²) in [6.07, 6.45) is 1.81. The molecule has 6 heteroatoms. The third-order valence-electron chi connectivity index (χ3n) is 3.67. The first-order chi connectivity index (χ1) is 10.0. The molecule has 1 aromatic carbocycles. The average molecular weight is 296 g/mol. The summed E-state index contributed by atoms with van der Waals surface area (Å²) in [6.45, 7) is 3.03. The molecule has 0 aromatic heterocycles. The van der Waals surface area contributed by atoms with Crippen LogP contribution >= 0.6 is 0 Å². The normalized spacial score (nSPS) is 15.9. The number of nitrogens with one attached hydrogen (secondary N) is 1. The Bertz CT molecular complexity index is 540. The first-order valence-electron chi connectivity index (χ1n) is 7.05. The fraction of sp³-hybridized carbons (Fsp3) is 0.467. The lowest BCUT2D eigenvalue weighted by Gasteiger charge is -2.32. The van der Waals surface area contributed by atoms with E-state index in [1.54, 1.807) is 4.90 Å². The zero-order valence-electron chi connectivity index (χ0n) is 11.9. The van der Waals surface area contributed by atoms with Gasteiger partial charge in [0.15, 0.2) is 11.6 Å². The van der Waals surface area contributed by atoms with Crippen molar-refractivity contribution in [3.63, 3.8) is 0 Å². The Labute approximate surface area is 122 Å². The van der Waals surface area contributed by atoms with Crippen LogP contribution in [0.4, 0.5) is 8.78 Å². The Morgan fingerprint density at radius 2 is 1.90 bits per heavy atom. The minimum absolute atomic E-state index is 0.0495. The van der Waals surface area contributed by atoms with Crippen LogP contribution in [-0.4, -0.2) is 35.8 Å². The summed E-state index contributed by atoms with van der Waals surface area (Å²) in [5.41, 5.74) is 0.0981. The number of amides is 2. The van der Waals surface area contributed by atoms with Gasteiger partial charge in [-0.3, -0.25) is 9.59 Å². The number of likely N-dealkylation sites (tertiary alicyclic amines) is 1. The summed E-state index contributed by atoms with van der Waals surface area (Å²) in [6, 6.07) is 3.03. The molecule has 0 atom stereocenters. The van der Waals surface area contributed by atoms with Gasteiger partial charge in [-0.15, -0.1) is 0 Å². The standard InChI is InChI=1S/C15H18F2N2O2/c1-2-14(20)19-7-5-11(6-8-19)18-15(21)10-3-4-12(16)13(17)9-10/h3-4,9,11H,2,5-8H2,1H3,(H,18,21). The van der Waals surface area contributed by atoms with Gasteiger partial charge in [-0.25, -0.2) is 8.78 Å². The third kappa shape index (κ3) is 3.77. The third-order valence-corrected chi connectivity index (χ3v) is 3.67. The first-order valence-corrected chi connectivity index (χ1v) is 7.05. The number of piperidine rings is 1. The number of halogens is 2. The number of rotatable bonds is 3. The molecule has 2 amide bonds. The van der Waals surface area contributed by atoms with Crippen LogP contribution in [0.1, 0.15) is 36.5 Å². The van der Waals surface area contributed by atoms with Crippen molar-refractivity contribution in [1.82, 2.24) is 10.2 Å². The van der Waals surface area contributed by atoms with Crippen LogP contribution in [0.3, 0.4) is 0 Å². The van der Waals surface area contributed by atoms with Crippen molar-refractivity contribution in [1.29, 1.82) is 0 Å². The van der Waals surface area contributed by atoms with E-state index >= 15 is 0 Å². The van der Waals surface area contributed by atoms with Gasteiger partial charge in [0.2, 0.25) is 5.91 Å². The van der Waals surface area contributed by atoms with E-state index in [-0.39, 0.29) is 17.5 Å². The number of carbonyl (C=O) groups excluding carboxylic acids is 2. The highest BCUT2D eigenvalue weighted by molar-refractivity contribution is 5.94. The highest BCUT2D eigenvalue weighted by Gasteiger charge is 2.23. The van der Waals surface area contributed by atoms with E-state index in [9.17, 15) is 18.4 Å². The van der Waals surface area contributed by atoms with Gasteiger partial charge in [-0.1, -0.05) is 6.92 Å². The molecule has 0 saturated carbocycles. The first kappa shape index (κ1) is 15.4. The number of benzene rings is 1. The smallest absolute Gasteiger partial charge is 0.251 e. The SMILES string of the molecule is CCC(=O)N1CCC(NC(=O)c2ccc(F)c(F)c2)CC1. The van der Waals surface area contributed by atoms with E-state index in [0.29, 0.717) is 32.4 Å². The predicted octanol–water partition coefficient (Wildman–Crippen LogP) is 2.10. The molecule has 2 rings (SSSR count). The molecule has 1 fully saturated rings. The molecule has 0 radical (unpaired) electrons. The van der Waals surface area contributed by atoms with Crippen molar-refractivity contribution < 1.29 is 18.4 Å². The van der Waals surface area contributed by atoms with E-state index < -0.39 is 17.5 Å². The second kappa shape index (κ2) is 6.65. The quantitative estimate of drug-likeness (QED) is 0.928. The average Bonchev–Trinajstić information content (AvgIpc) is 2.50. The highest BCUT2D eigenvalue weighted by atomic mass is 19.2. The summed E-state index contributed by atoms with van der Waals surface area (Å²) in [4.78, 5) is 25.3. The van der Waals surface area contributed by atoms with Gasteiger partial charge in [0.05, 0.1) is 0 Å². The van der Waals surface area contributed by atoms with Crippen LogP contribution in [0.15, 0.2) is 18.2 Å². The zero-order chi connectivity index (χ0) is 15.4. The van der Waals surface area contributed by atoms with Gasteiger partial charge in [0.25, 0.3) is 5.91 Å². The van der Waals surface area contributed by atoms with Gasteiger partial charge >= 0.3 is 0 Å². The maximum absolute atomic E-state index is 13.1. The number of carbonyl (C=O) groups is 2. The van der Waals surface area contributed by atoms with Crippen LogP contribution in [0.25, 0.3) is 0 Å². The Kier molecular flexibility index (Phi) is 4.88. The Balaban J connectivity index is 1.89. The molecule has 0 spiro atoms. The zero-order valence-corrected chi connectivity index (χ0v) is 11.9. The Morgan fingerprint density at radius 3 is 2.48 bits per heavy atom. The largest absolute Gasteiger partial charge is 0.349 e. The van der Waals surface area contributed by atoms with Crippen molar-refractivity contribution in [3.05, 3.63) is 35.4 Å². The van der Waals surface area contributed by atoms with Crippen molar-refractivity contribution in [2.75, 3.05) is 13.1 Å². The van der Waals surface area contributed by atoms with Crippen molar-refractivity contribution in [2.45, 2.75) is 32.2 Å². The summed E-state index contributed by atoms with van der Waals surface area (Å²) in [5.74, 6) is -2.32. The second-order valence-electron chi connectivity index (χ2n) is 5.11. The molecular formula is C15H18F2N2O2. The molecule has 21 heavy (non-hydrogen) atoms. The predicted molar refractivity (Wildman–Crippen MR) is 73.7 cm³/mol. The Hall–Kier alpha value is -1.98. The molecule has 1 saturated heterocycles. The van der Waals surface area contributed by atoms with Crippen LogP contribution in [0.5, 0.6) is 0 Å². The molecule has 1 aliphatic heterocycles. The van der Waals surface area contributed by atoms with Crippen molar-refractivity contribution in [3.8, 4) is 0 Å². The summed E-state index contributed by atoms with van der Waals surface area (Å²) < 4.78 is 25.9. The molecule has 1 heterocycles. The molecule has 4 nitrogen and oxygen atoms in total. The van der Waals surface area contributed by atoms with Gasteiger partial charge in [-0.05, 0) is 31.0 Å². The molecule has 1 aliphatic rings. The van der Waals surface area contributed by atoms with E-state index in [2.05, 4.69) is 5.32 Å². The van der Waals surface area contributed by atoms with E-state index in [0.717, 1.165) is 12.1 Å². The molecule has 0 aliphatic carbocycles. The lowest BCUT2D eigenvalue weighted by molar-refractivity contribution is -0.131. The van der Waals surface area contributed by atoms with Gasteiger partial charge in [0, 0.05) is 31.1 Å². The van der Waals surface area contributed by atoms with Crippen LogP contribution in [-0.2, 0) is 4.79 Å². The number of hydrogen-bond acceptors (Lipinski definition) is 2. The molecule has 1 aromatic rings. The van der Waals surface area contributed by atoms with Crippen LogP contribution in [0, 0.1) is 11.6 Å². The second-order valence-corrected chi connectivity index (χ2v) is 5.11. The van der Waals surface area contributed by atoms with Crippen molar-refractivity contribution in [2.24, 2.45) is 0 Å². The highest BCUT2D eigenvalue weighted by Crippen LogP contribution is 2.13. The molecular weight excluding hydrogens is 278 g/mol. The fourth-order valence-electron chi connectivity index (χ4n) is 2.40.